The molecule has 0 saturated carbocycles. The van der Waals surface area contributed by atoms with Crippen LogP contribution in [0.15, 0.2) is 18.2 Å². The molecule has 0 saturated heterocycles. The van der Waals surface area contributed by atoms with E-state index in [-0.39, 0.29) is 17.6 Å². The minimum absolute atomic E-state index is 0.0569. The highest BCUT2D eigenvalue weighted by atomic mass is 19.3. The van der Waals surface area contributed by atoms with E-state index in [1.165, 1.54) is 6.07 Å². The molecule has 2 rings (SSSR count). The summed E-state index contributed by atoms with van der Waals surface area (Å²) in [6, 6.07) is 4.65. The van der Waals surface area contributed by atoms with Crippen molar-refractivity contribution >= 4 is 11.6 Å². The maximum Gasteiger partial charge on any atom is 0.387 e. The second-order valence-corrected chi connectivity index (χ2v) is 5.42. The van der Waals surface area contributed by atoms with Gasteiger partial charge in [-0.1, -0.05) is 27.2 Å². The van der Waals surface area contributed by atoms with Crippen molar-refractivity contribution in [2.75, 3.05) is 5.32 Å². The number of carbonyl (C=O) groups is 1. The quantitative estimate of drug-likeness (QED) is 0.889. The zero-order valence-corrected chi connectivity index (χ0v) is 11.9. The summed E-state index contributed by atoms with van der Waals surface area (Å²) in [6.07, 6.45) is 1.52. The Kier molecular flexibility index (Phi) is 3.97. The number of carbonyl (C=O) groups excluding carboxylic acids is 1. The molecule has 1 atom stereocenters. The molecule has 1 aromatic carbocycles. The molecular formula is C15H19F2NO2. The number of halogens is 2. The number of amides is 1. The highest BCUT2D eigenvalue weighted by molar-refractivity contribution is 6.06. The minimum Gasteiger partial charge on any atom is -0.435 e. The Morgan fingerprint density at radius 1 is 1.35 bits per heavy atom. The number of fused-ring (bicyclic) bond motifs is 1. The van der Waals surface area contributed by atoms with Gasteiger partial charge >= 0.3 is 6.61 Å². The van der Waals surface area contributed by atoms with Gasteiger partial charge in [-0.05, 0) is 36.1 Å². The van der Waals surface area contributed by atoms with Gasteiger partial charge in [0.05, 0.1) is 5.41 Å². The summed E-state index contributed by atoms with van der Waals surface area (Å²) >= 11 is 0. The van der Waals surface area contributed by atoms with Gasteiger partial charge in [0.25, 0.3) is 0 Å². The van der Waals surface area contributed by atoms with Crippen molar-refractivity contribution in [1.29, 1.82) is 0 Å². The number of nitrogens with one attached hydrogen (secondary N) is 1. The maximum atomic E-state index is 12.4. The Hall–Kier alpha value is -1.65. The van der Waals surface area contributed by atoms with E-state index in [1.54, 1.807) is 12.1 Å². The monoisotopic (exact) mass is 283 g/mol. The summed E-state index contributed by atoms with van der Waals surface area (Å²) < 4.78 is 29.1. The van der Waals surface area contributed by atoms with Gasteiger partial charge in [0.2, 0.25) is 5.91 Å². The Labute approximate surface area is 117 Å². The molecule has 0 radical (unpaired) electrons. The zero-order chi connectivity index (χ0) is 14.9. The van der Waals surface area contributed by atoms with Crippen LogP contribution in [-0.4, -0.2) is 12.5 Å². The normalized spacial score (nSPS) is 21.2. The van der Waals surface area contributed by atoms with Gasteiger partial charge in [-0.3, -0.25) is 4.79 Å². The molecule has 1 unspecified atom stereocenters. The van der Waals surface area contributed by atoms with Crippen LogP contribution < -0.4 is 10.1 Å². The topological polar surface area (TPSA) is 38.3 Å². The molecule has 0 aromatic heterocycles. The summed E-state index contributed by atoms with van der Waals surface area (Å²) in [5.74, 6) is 0.112. The van der Waals surface area contributed by atoms with Gasteiger partial charge in [0.15, 0.2) is 0 Å². The van der Waals surface area contributed by atoms with Gasteiger partial charge in [-0.15, -0.1) is 0 Å². The van der Waals surface area contributed by atoms with Gasteiger partial charge < -0.3 is 10.1 Å². The SMILES string of the molecule is CCCC1(C(C)C)C(=O)Nc2ccc(OC(F)F)cc21. The third-order valence-electron chi connectivity index (χ3n) is 3.98. The lowest BCUT2D eigenvalue weighted by atomic mass is 9.69. The second-order valence-electron chi connectivity index (χ2n) is 5.42. The first kappa shape index (κ1) is 14.8. The molecule has 1 N–H and O–H groups in total. The zero-order valence-electron chi connectivity index (χ0n) is 11.9. The third kappa shape index (κ3) is 2.25. The van der Waals surface area contributed by atoms with E-state index in [9.17, 15) is 13.6 Å². The highest BCUT2D eigenvalue weighted by Gasteiger charge is 2.48. The van der Waals surface area contributed by atoms with E-state index in [2.05, 4.69) is 10.1 Å². The Balaban J connectivity index is 2.50. The summed E-state index contributed by atoms with van der Waals surface area (Å²) in [5.41, 5.74) is 0.794. The van der Waals surface area contributed by atoms with Crippen LogP contribution in [0.4, 0.5) is 14.5 Å². The fourth-order valence-electron chi connectivity index (χ4n) is 3.04. The van der Waals surface area contributed by atoms with E-state index in [4.69, 9.17) is 0 Å². The van der Waals surface area contributed by atoms with Gasteiger partial charge in [0.1, 0.15) is 5.75 Å². The maximum absolute atomic E-state index is 12.4. The fraction of sp³-hybridized carbons (Fsp3) is 0.533. The van der Waals surface area contributed by atoms with Gasteiger partial charge in [0, 0.05) is 5.69 Å². The van der Waals surface area contributed by atoms with Crippen molar-refractivity contribution in [3.05, 3.63) is 23.8 Å². The van der Waals surface area contributed by atoms with Gasteiger partial charge in [-0.2, -0.15) is 8.78 Å². The molecule has 1 aliphatic rings. The molecule has 5 heteroatoms. The molecule has 1 aliphatic heterocycles. The van der Waals surface area contributed by atoms with E-state index < -0.39 is 12.0 Å². The number of benzene rings is 1. The summed E-state index contributed by atoms with van der Waals surface area (Å²) in [4.78, 5) is 12.4. The first-order valence-corrected chi connectivity index (χ1v) is 6.82. The third-order valence-corrected chi connectivity index (χ3v) is 3.98. The minimum atomic E-state index is -2.86. The largest absolute Gasteiger partial charge is 0.435 e. The number of hydrogen-bond donors (Lipinski definition) is 1. The Morgan fingerprint density at radius 3 is 2.60 bits per heavy atom. The molecule has 3 nitrogen and oxygen atoms in total. The first-order valence-electron chi connectivity index (χ1n) is 6.82. The van der Waals surface area contributed by atoms with Crippen molar-refractivity contribution in [2.45, 2.75) is 45.6 Å². The van der Waals surface area contributed by atoms with E-state index in [0.717, 1.165) is 12.0 Å². The average molecular weight is 283 g/mol. The van der Waals surface area contributed by atoms with Crippen molar-refractivity contribution in [3.63, 3.8) is 0 Å². The number of anilines is 1. The lowest BCUT2D eigenvalue weighted by Crippen LogP contribution is -2.39. The molecular weight excluding hydrogens is 264 g/mol. The Bertz CT molecular complexity index is 517. The number of hydrogen-bond acceptors (Lipinski definition) is 2. The van der Waals surface area contributed by atoms with E-state index in [1.807, 2.05) is 20.8 Å². The standard InChI is InChI=1S/C15H19F2NO2/c1-4-7-15(9(2)3)11-8-10(20-14(16)17)5-6-12(11)18-13(15)19/h5-6,8-9,14H,4,7H2,1-3H3,(H,18,19). The molecule has 0 aliphatic carbocycles. The molecule has 1 aromatic rings. The first-order chi connectivity index (χ1) is 9.41. The van der Waals surface area contributed by atoms with Crippen LogP contribution in [0.3, 0.4) is 0 Å². The molecule has 110 valence electrons. The number of alkyl halides is 2. The van der Waals surface area contributed by atoms with E-state index >= 15 is 0 Å². The van der Waals surface area contributed by atoms with Crippen molar-refractivity contribution in [2.24, 2.45) is 5.92 Å². The predicted octanol–water partition coefficient (Wildman–Crippen LogP) is 3.93. The molecule has 0 fully saturated rings. The lowest BCUT2D eigenvalue weighted by molar-refractivity contribution is -0.122. The molecule has 1 heterocycles. The van der Waals surface area contributed by atoms with Crippen molar-refractivity contribution in [1.82, 2.24) is 0 Å². The fourth-order valence-corrected chi connectivity index (χ4v) is 3.04. The smallest absolute Gasteiger partial charge is 0.387 e. The predicted molar refractivity (Wildman–Crippen MR) is 73.1 cm³/mol. The van der Waals surface area contributed by atoms with Crippen LogP contribution in [0.25, 0.3) is 0 Å². The number of ether oxygens (including phenoxy) is 1. The molecule has 1 amide bonds. The van der Waals surface area contributed by atoms with Crippen molar-refractivity contribution in [3.8, 4) is 5.75 Å². The Morgan fingerprint density at radius 2 is 2.05 bits per heavy atom. The lowest BCUT2D eigenvalue weighted by Gasteiger charge is -2.31. The van der Waals surface area contributed by atoms with Crippen molar-refractivity contribution < 1.29 is 18.3 Å². The average Bonchev–Trinajstić information content (AvgIpc) is 2.63. The molecule has 0 spiro atoms. The van der Waals surface area contributed by atoms with Crippen LogP contribution in [-0.2, 0) is 10.2 Å². The summed E-state index contributed by atoms with van der Waals surface area (Å²) in [5, 5.41) is 2.85. The van der Waals surface area contributed by atoms with Crippen LogP contribution in [0.1, 0.15) is 39.2 Å². The molecule has 0 bridgehead atoms. The van der Waals surface area contributed by atoms with E-state index in [0.29, 0.717) is 12.1 Å². The molecule has 20 heavy (non-hydrogen) atoms. The summed E-state index contributed by atoms with van der Waals surface area (Å²) in [7, 11) is 0. The van der Waals surface area contributed by atoms with Crippen LogP contribution >= 0.6 is 0 Å². The van der Waals surface area contributed by atoms with Crippen LogP contribution in [0.5, 0.6) is 5.75 Å². The highest BCUT2D eigenvalue weighted by Crippen LogP contribution is 2.47. The van der Waals surface area contributed by atoms with Crippen LogP contribution in [0.2, 0.25) is 0 Å². The number of rotatable bonds is 5. The summed E-state index contributed by atoms with van der Waals surface area (Å²) in [6.45, 7) is 3.10. The van der Waals surface area contributed by atoms with Crippen LogP contribution in [0, 0.1) is 5.92 Å². The second kappa shape index (κ2) is 5.38. The van der Waals surface area contributed by atoms with Gasteiger partial charge in [-0.25, -0.2) is 0 Å².